The zero-order chi connectivity index (χ0) is 9.52. The van der Waals surface area contributed by atoms with Crippen molar-refractivity contribution in [2.24, 2.45) is 5.92 Å². The van der Waals surface area contributed by atoms with Gasteiger partial charge < -0.3 is 0 Å². The highest BCUT2D eigenvalue weighted by Gasteiger charge is 2.26. The Labute approximate surface area is 73.9 Å². The zero-order valence-electron chi connectivity index (χ0n) is 7.88. The molecule has 0 fully saturated rings. The predicted molar refractivity (Wildman–Crippen MR) is 50.2 cm³/mol. The Morgan fingerprint density at radius 3 is 1.92 bits per heavy atom. The maximum Gasteiger partial charge on any atom is 0.198 e. The molecule has 68 valence electrons. The molecule has 0 aliphatic carbocycles. The van der Waals surface area contributed by atoms with Crippen LogP contribution in [0.25, 0.3) is 0 Å². The molecule has 0 atom stereocenters. The van der Waals surface area contributed by atoms with Gasteiger partial charge in [-0.2, -0.15) is 0 Å². The van der Waals surface area contributed by atoms with E-state index in [2.05, 4.69) is 0 Å². The topological polar surface area (TPSA) is 34.1 Å². The van der Waals surface area contributed by atoms with Crippen LogP contribution in [-0.4, -0.2) is 8.42 Å². The Kier molecular flexibility index (Phi) is 2.17. The van der Waals surface area contributed by atoms with Crippen molar-refractivity contribution < 1.29 is 8.42 Å². The third-order valence-electron chi connectivity index (χ3n) is 2.21. The van der Waals surface area contributed by atoms with Gasteiger partial charge in [0.15, 0.2) is 9.84 Å². The van der Waals surface area contributed by atoms with Crippen LogP contribution < -0.4 is 0 Å². The number of allylic oxidation sites excluding steroid dienone is 4. The first-order valence-corrected chi connectivity index (χ1v) is 5.50. The van der Waals surface area contributed by atoms with Crippen LogP contribution in [0.1, 0.15) is 27.7 Å². The molecule has 0 unspecified atom stereocenters. The van der Waals surface area contributed by atoms with Gasteiger partial charge in [0, 0.05) is 9.81 Å². The van der Waals surface area contributed by atoms with Gasteiger partial charge in [-0.15, -0.1) is 0 Å². The molecule has 0 amide bonds. The average Bonchev–Trinajstić information content (AvgIpc) is 2.13. The summed E-state index contributed by atoms with van der Waals surface area (Å²) in [4.78, 5) is 0.999. The van der Waals surface area contributed by atoms with Crippen LogP contribution in [0.5, 0.6) is 0 Å². The first-order valence-electron chi connectivity index (χ1n) is 4.01. The van der Waals surface area contributed by atoms with Gasteiger partial charge in [0.1, 0.15) is 0 Å². The van der Waals surface area contributed by atoms with E-state index in [9.17, 15) is 8.42 Å². The lowest BCUT2D eigenvalue weighted by Crippen LogP contribution is -1.99. The molecule has 1 aliphatic heterocycles. The Morgan fingerprint density at radius 2 is 1.75 bits per heavy atom. The third-order valence-corrected chi connectivity index (χ3v) is 4.22. The highest BCUT2D eigenvalue weighted by molar-refractivity contribution is 7.99. The Morgan fingerprint density at radius 1 is 1.25 bits per heavy atom. The minimum absolute atomic E-state index is 0.289. The van der Waals surface area contributed by atoms with E-state index in [0.29, 0.717) is 9.81 Å². The van der Waals surface area contributed by atoms with Gasteiger partial charge in [0.25, 0.3) is 0 Å². The molecule has 0 bridgehead atoms. The number of hydrogen-bond donors (Lipinski definition) is 0. The Hall–Kier alpha value is -0.570. The van der Waals surface area contributed by atoms with E-state index in [1.807, 2.05) is 13.8 Å². The molecule has 0 aromatic carbocycles. The molecule has 1 heterocycles. The van der Waals surface area contributed by atoms with Crippen molar-refractivity contribution in [1.29, 1.82) is 0 Å². The number of sulfone groups is 1. The van der Waals surface area contributed by atoms with Crippen molar-refractivity contribution in [1.82, 2.24) is 0 Å². The first-order chi connectivity index (χ1) is 5.37. The Balaban J connectivity index is 3.31. The normalized spacial score (nSPS) is 21.9. The summed E-state index contributed by atoms with van der Waals surface area (Å²) in [5.41, 5.74) is 0.951. The van der Waals surface area contributed by atoms with E-state index >= 15 is 0 Å². The van der Waals surface area contributed by atoms with Crippen LogP contribution in [0.3, 0.4) is 0 Å². The second-order valence-electron chi connectivity index (χ2n) is 3.42. The van der Waals surface area contributed by atoms with Crippen molar-refractivity contribution in [3.63, 3.8) is 0 Å². The SMILES string of the molecule is CC1=CC(C(C)C)=C(C)S1(=O)=O. The largest absolute Gasteiger partial charge is 0.219 e. The van der Waals surface area contributed by atoms with E-state index in [0.717, 1.165) is 5.57 Å². The molecule has 12 heavy (non-hydrogen) atoms. The highest BCUT2D eigenvalue weighted by Crippen LogP contribution is 2.32. The van der Waals surface area contributed by atoms with E-state index in [-0.39, 0.29) is 5.92 Å². The van der Waals surface area contributed by atoms with Crippen molar-refractivity contribution >= 4 is 9.84 Å². The smallest absolute Gasteiger partial charge is 0.198 e. The zero-order valence-corrected chi connectivity index (χ0v) is 8.70. The van der Waals surface area contributed by atoms with Crippen LogP contribution in [0.2, 0.25) is 0 Å². The molecule has 0 saturated heterocycles. The lowest BCUT2D eigenvalue weighted by atomic mass is 10.0. The second kappa shape index (κ2) is 2.73. The van der Waals surface area contributed by atoms with Gasteiger partial charge >= 0.3 is 0 Å². The van der Waals surface area contributed by atoms with Gasteiger partial charge in [0.2, 0.25) is 0 Å². The van der Waals surface area contributed by atoms with Crippen LogP contribution in [0.4, 0.5) is 0 Å². The van der Waals surface area contributed by atoms with Crippen LogP contribution in [-0.2, 0) is 9.84 Å². The molecule has 0 N–H and O–H groups in total. The van der Waals surface area contributed by atoms with Gasteiger partial charge in [-0.3, -0.25) is 0 Å². The van der Waals surface area contributed by atoms with Crippen molar-refractivity contribution in [3.05, 3.63) is 21.5 Å². The van der Waals surface area contributed by atoms with Crippen molar-refractivity contribution in [2.75, 3.05) is 0 Å². The standard InChI is InChI=1S/C9H14O2S/c1-6(2)9-5-7(3)12(10,11)8(9)4/h5-6H,1-4H3. The maximum absolute atomic E-state index is 11.5. The van der Waals surface area contributed by atoms with Crippen molar-refractivity contribution in [3.8, 4) is 0 Å². The van der Waals surface area contributed by atoms with E-state index in [4.69, 9.17) is 0 Å². The Bertz CT molecular complexity index is 356. The van der Waals surface area contributed by atoms with E-state index < -0.39 is 9.84 Å². The second-order valence-corrected chi connectivity index (χ2v) is 5.69. The molecule has 3 heteroatoms. The average molecular weight is 186 g/mol. The highest BCUT2D eigenvalue weighted by atomic mass is 32.2. The summed E-state index contributed by atoms with van der Waals surface area (Å²) in [6, 6.07) is 0. The van der Waals surface area contributed by atoms with E-state index in [1.54, 1.807) is 19.9 Å². The fourth-order valence-corrected chi connectivity index (χ4v) is 2.74. The molecule has 0 radical (unpaired) electrons. The summed E-state index contributed by atoms with van der Waals surface area (Å²) in [6.45, 7) is 7.33. The maximum atomic E-state index is 11.5. The third kappa shape index (κ3) is 1.22. The molecule has 0 saturated carbocycles. The quantitative estimate of drug-likeness (QED) is 0.629. The number of rotatable bonds is 1. The summed E-state index contributed by atoms with van der Waals surface area (Å²) < 4.78 is 23.0. The molecule has 0 aromatic rings. The molecule has 1 rings (SSSR count). The van der Waals surface area contributed by atoms with Crippen LogP contribution in [0.15, 0.2) is 21.5 Å². The fourth-order valence-electron chi connectivity index (χ4n) is 1.37. The fraction of sp³-hybridized carbons (Fsp3) is 0.556. The van der Waals surface area contributed by atoms with Crippen molar-refractivity contribution in [2.45, 2.75) is 27.7 Å². The van der Waals surface area contributed by atoms with E-state index in [1.165, 1.54) is 0 Å². The summed E-state index contributed by atoms with van der Waals surface area (Å²) >= 11 is 0. The van der Waals surface area contributed by atoms with Crippen LogP contribution in [0, 0.1) is 5.92 Å². The van der Waals surface area contributed by atoms with Gasteiger partial charge in [-0.25, -0.2) is 8.42 Å². The summed E-state index contributed by atoms with van der Waals surface area (Å²) in [7, 11) is -3.06. The lowest BCUT2D eigenvalue weighted by molar-refractivity contribution is 0.608. The predicted octanol–water partition coefficient (Wildman–Crippen LogP) is 2.25. The molecular formula is C9H14O2S. The lowest BCUT2D eigenvalue weighted by Gasteiger charge is -2.04. The molecular weight excluding hydrogens is 172 g/mol. The molecule has 0 aromatic heterocycles. The summed E-state index contributed by atoms with van der Waals surface area (Å²) in [6.07, 6.45) is 1.77. The molecule has 2 nitrogen and oxygen atoms in total. The van der Waals surface area contributed by atoms with Gasteiger partial charge in [-0.1, -0.05) is 13.8 Å². The summed E-state index contributed by atoms with van der Waals surface area (Å²) in [5.74, 6) is 0.289. The minimum Gasteiger partial charge on any atom is -0.219 e. The monoisotopic (exact) mass is 186 g/mol. The minimum atomic E-state index is -3.06. The molecule has 0 spiro atoms. The van der Waals surface area contributed by atoms with Gasteiger partial charge in [0.05, 0.1) is 0 Å². The van der Waals surface area contributed by atoms with Gasteiger partial charge in [-0.05, 0) is 31.4 Å². The summed E-state index contributed by atoms with van der Waals surface area (Å²) in [5, 5.41) is 0. The number of hydrogen-bond acceptors (Lipinski definition) is 2. The first kappa shape index (κ1) is 9.52. The van der Waals surface area contributed by atoms with Crippen LogP contribution >= 0.6 is 0 Å². The molecule has 1 aliphatic rings.